The van der Waals surface area contributed by atoms with Gasteiger partial charge in [0.2, 0.25) is 0 Å². The summed E-state index contributed by atoms with van der Waals surface area (Å²) in [5, 5.41) is 3.55. The molecule has 0 bridgehead atoms. The quantitative estimate of drug-likeness (QED) is 0.649. The first kappa shape index (κ1) is 13.3. The second-order valence-corrected chi connectivity index (χ2v) is 5.71. The van der Waals surface area contributed by atoms with Gasteiger partial charge >= 0.3 is 0 Å². The number of nitrogens with one attached hydrogen (secondary N) is 1. The lowest BCUT2D eigenvalue weighted by Gasteiger charge is -2.10. The minimum atomic E-state index is 0.383. The average molecular weight is 231 g/mol. The van der Waals surface area contributed by atoms with Gasteiger partial charge in [0.1, 0.15) is 0 Å². The van der Waals surface area contributed by atoms with Gasteiger partial charge in [-0.25, -0.2) is 0 Å². The maximum absolute atomic E-state index is 5.49. The fraction of sp³-hybridized carbons (Fsp3) is 1.00. The smallest absolute Gasteiger partial charge is 0.0518 e. The second kappa shape index (κ2) is 8.43. The molecule has 1 N–H and O–H groups in total. The molecule has 0 saturated carbocycles. The largest absolute Gasteiger partial charge is 0.379 e. The van der Waals surface area contributed by atoms with E-state index >= 15 is 0 Å². The Kier molecular flexibility index (Phi) is 7.49. The molecular weight excluding hydrogens is 206 g/mol. The van der Waals surface area contributed by atoms with Crippen molar-refractivity contribution in [3.8, 4) is 0 Å². The minimum Gasteiger partial charge on any atom is -0.379 e. The summed E-state index contributed by atoms with van der Waals surface area (Å²) in [6, 6.07) is 0. The molecule has 0 aromatic heterocycles. The molecular formula is C12H25NOS. The van der Waals surface area contributed by atoms with E-state index in [1.54, 1.807) is 0 Å². The van der Waals surface area contributed by atoms with Crippen molar-refractivity contribution in [2.45, 2.75) is 39.2 Å². The van der Waals surface area contributed by atoms with Gasteiger partial charge in [0.15, 0.2) is 0 Å². The van der Waals surface area contributed by atoms with E-state index in [4.69, 9.17) is 4.74 Å². The molecule has 1 unspecified atom stereocenters. The number of hydrogen-bond donors (Lipinski definition) is 1. The highest BCUT2D eigenvalue weighted by molar-refractivity contribution is 7.99. The molecule has 1 aliphatic heterocycles. The van der Waals surface area contributed by atoms with E-state index in [1.807, 2.05) is 0 Å². The molecule has 0 amide bonds. The lowest BCUT2D eigenvalue weighted by atomic mass is 10.1. The van der Waals surface area contributed by atoms with Gasteiger partial charge in [-0.05, 0) is 63.6 Å². The molecule has 0 aromatic carbocycles. The van der Waals surface area contributed by atoms with Crippen LogP contribution in [0.15, 0.2) is 0 Å². The molecule has 1 saturated heterocycles. The zero-order chi connectivity index (χ0) is 10.9. The van der Waals surface area contributed by atoms with Crippen molar-refractivity contribution in [2.24, 2.45) is 5.92 Å². The number of hydrogen-bond acceptors (Lipinski definition) is 3. The fourth-order valence-electron chi connectivity index (χ4n) is 1.72. The number of unbranched alkanes of at least 4 members (excludes halogenated alkanes) is 1. The van der Waals surface area contributed by atoms with Crippen molar-refractivity contribution in [1.82, 2.24) is 5.32 Å². The van der Waals surface area contributed by atoms with E-state index < -0.39 is 0 Å². The Morgan fingerprint density at radius 1 is 1.40 bits per heavy atom. The van der Waals surface area contributed by atoms with Gasteiger partial charge in [0.25, 0.3) is 0 Å². The SMILES string of the molecule is CC(C)OCCCCNCC1CCSC1. The maximum atomic E-state index is 5.49. The van der Waals surface area contributed by atoms with Crippen LogP contribution in [0.5, 0.6) is 0 Å². The Hall–Kier alpha value is 0.270. The van der Waals surface area contributed by atoms with Crippen LogP contribution in [0.25, 0.3) is 0 Å². The van der Waals surface area contributed by atoms with Crippen LogP contribution in [0.1, 0.15) is 33.1 Å². The molecule has 2 nitrogen and oxygen atoms in total. The maximum Gasteiger partial charge on any atom is 0.0518 e. The van der Waals surface area contributed by atoms with Gasteiger partial charge in [0, 0.05) is 6.61 Å². The molecule has 0 spiro atoms. The van der Waals surface area contributed by atoms with Crippen molar-refractivity contribution in [2.75, 3.05) is 31.2 Å². The van der Waals surface area contributed by atoms with Crippen molar-refractivity contribution < 1.29 is 4.74 Å². The van der Waals surface area contributed by atoms with E-state index in [2.05, 4.69) is 30.9 Å². The molecule has 1 fully saturated rings. The Labute approximate surface area is 98.5 Å². The molecule has 0 radical (unpaired) electrons. The van der Waals surface area contributed by atoms with Gasteiger partial charge in [-0.15, -0.1) is 0 Å². The van der Waals surface area contributed by atoms with Crippen LogP contribution < -0.4 is 5.32 Å². The standard InChI is InChI=1S/C12H25NOS/c1-11(2)14-7-4-3-6-13-9-12-5-8-15-10-12/h11-13H,3-10H2,1-2H3. The summed E-state index contributed by atoms with van der Waals surface area (Å²) in [6.07, 6.45) is 4.22. The third-order valence-electron chi connectivity index (χ3n) is 2.66. The molecule has 3 heteroatoms. The average Bonchev–Trinajstić information content (AvgIpc) is 2.68. The summed E-state index contributed by atoms with van der Waals surface area (Å²) in [6.45, 7) is 7.48. The summed E-state index contributed by atoms with van der Waals surface area (Å²) in [7, 11) is 0. The Morgan fingerprint density at radius 2 is 2.27 bits per heavy atom. The predicted octanol–water partition coefficient (Wildman–Crippen LogP) is 2.53. The molecule has 1 aliphatic rings. The van der Waals surface area contributed by atoms with Gasteiger partial charge in [-0.1, -0.05) is 0 Å². The summed E-state index contributed by atoms with van der Waals surface area (Å²) in [5.74, 6) is 3.67. The first-order chi connectivity index (χ1) is 7.29. The van der Waals surface area contributed by atoms with Crippen molar-refractivity contribution >= 4 is 11.8 Å². The highest BCUT2D eigenvalue weighted by Gasteiger charge is 2.14. The zero-order valence-corrected chi connectivity index (χ0v) is 10.9. The third-order valence-corrected chi connectivity index (χ3v) is 3.89. The highest BCUT2D eigenvalue weighted by atomic mass is 32.2. The van der Waals surface area contributed by atoms with Crippen LogP contribution in [0.4, 0.5) is 0 Å². The Bertz CT molecular complexity index is 147. The highest BCUT2D eigenvalue weighted by Crippen LogP contribution is 2.22. The monoisotopic (exact) mass is 231 g/mol. The molecule has 1 atom stereocenters. The fourth-order valence-corrected chi connectivity index (χ4v) is 3.01. The summed E-state index contributed by atoms with van der Waals surface area (Å²) < 4.78 is 5.49. The molecule has 0 aliphatic carbocycles. The van der Waals surface area contributed by atoms with Crippen molar-refractivity contribution in [3.63, 3.8) is 0 Å². The molecule has 90 valence electrons. The van der Waals surface area contributed by atoms with Gasteiger partial charge < -0.3 is 10.1 Å². The zero-order valence-electron chi connectivity index (χ0n) is 10.1. The molecule has 15 heavy (non-hydrogen) atoms. The van der Waals surface area contributed by atoms with E-state index in [9.17, 15) is 0 Å². The van der Waals surface area contributed by atoms with Crippen LogP contribution in [0.2, 0.25) is 0 Å². The van der Waals surface area contributed by atoms with Crippen LogP contribution in [0.3, 0.4) is 0 Å². The molecule has 1 rings (SSSR count). The Morgan fingerprint density at radius 3 is 2.93 bits per heavy atom. The van der Waals surface area contributed by atoms with Gasteiger partial charge in [-0.2, -0.15) is 11.8 Å². The van der Waals surface area contributed by atoms with Crippen molar-refractivity contribution in [3.05, 3.63) is 0 Å². The first-order valence-corrected chi connectivity index (χ1v) is 7.34. The first-order valence-electron chi connectivity index (χ1n) is 6.19. The lowest BCUT2D eigenvalue weighted by molar-refractivity contribution is 0.0760. The summed E-state index contributed by atoms with van der Waals surface area (Å²) >= 11 is 2.10. The van der Waals surface area contributed by atoms with E-state index in [-0.39, 0.29) is 0 Å². The number of ether oxygens (including phenoxy) is 1. The van der Waals surface area contributed by atoms with Crippen LogP contribution >= 0.6 is 11.8 Å². The number of rotatable bonds is 8. The minimum absolute atomic E-state index is 0.383. The molecule has 1 heterocycles. The normalized spacial score (nSPS) is 21.4. The second-order valence-electron chi connectivity index (χ2n) is 4.56. The Balaban J connectivity index is 1.76. The lowest BCUT2D eigenvalue weighted by Crippen LogP contribution is -2.23. The van der Waals surface area contributed by atoms with E-state index in [1.165, 1.54) is 37.3 Å². The number of thioether (sulfide) groups is 1. The molecule has 0 aromatic rings. The summed E-state index contributed by atoms with van der Waals surface area (Å²) in [5.41, 5.74) is 0. The van der Waals surface area contributed by atoms with Crippen molar-refractivity contribution in [1.29, 1.82) is 0 Å². The van der Waals surface area contributed by atoms with Gasteiger partial charge in [0.05, 0.1) is 6.10 Å². The van der Waals surface area contributed by atoms with Crippen LogP contribution in [-0.4, -0.2) is 37.3 Å². The van der Waals surface area contributed by atoms with Crippen LogP contribution in [0, 0.1) is 5.92 Å². The van der Waals surface area contributed by atoms with E-state index in [0.717, 1.165) is 19.1 Å². The topological polar surface area (TPSA) is 21.3 Å². The predicted molar refractivity (Wildman–Crippen MR) is 68.6 cm³/mol. The van der Waals surface area contributed by atoms with Gasteiger partial charge in [-0.3, -0.25) is 0 Å². The third kappa shape index (κ3) is 7.20. The summed E-state index contributed by atoms with van der Waals surface area (Å²) in [4.78, 5) is 0. The van der Waals surface area contributed by atoms with E-state index in [0.29, 0.717) is 6.10 Å². The van der Waals surface area contributed by atoms with Crippen LogP contribution in [-0.2, 0) is 4.74 Å².